The van der Waals surface area contributed by atoms with Gasteiger partial charge >= 0.3 is 6.01 Å². The van der Waals surface area contributed by atoms with Crippen molar-refractivity contribution in [2.45, 2.75) is 6.92 Å². The van der Waals surface area contributed by atoms with Crippen LogP contribution in [0.3, 0.4) is 0 Å². The molecule has 0 amide bonds. The molecule has 1 aromatic heterocycles. The first kappa shape index (κ1) is 15.1. The van der Waals surface area contributed by atoms with Gasteiger partial charge in [0.15, 0.2) is 0 Å². The van der Waals surface area contributed by atoms with Crippen LogP contribution in [0.5, 0.6) is 11.8 Å². The number of hydrogen-bond acceptors (Lipinski definition) is 7. The second-order valence-corrected chi connectivity index (χ2v) is 4.38. The van der Waals surface area contributed by atoms with Crippen molar-refractivity contribution in [2.24, 2.45) is 0 Å². The molecule has 112 valence electrons. The zero-order valence-corrected chi connectivity index (χ0v) is 12.7. The Kier molecular flexibility index (Phi) is 4.99. The van der Waals surface area contributed by atoms with E-state index in [1.54, 1.807) is 25.3 Å². The van der Waals surface area contributed by atoms with Crippen LogP contribution in [0, 0.1) is 0 Å². The summed E-state index contributed by atoms with van der Waals surface area (Å²) in [7, 11) is 3.08. The Labute approximate surface area is 127 Å². The van der Waals surface area contributed by atoms with Gasteiger partial charge in [-0.25, -0.2) is 0 Å². The Morgan fingerprint density at radius 1 is 1.10 bits per heavy atom. The molecule has 0 aliphatic carbocycles. The van der Waals surface area contributed by atoms with Gasteiger partial charge in [0.2, 0.25) is 11.9 Å². The average Bonchev–Trinajstić information content (AvgIpc) is 2.49. The standard InChI is InChI=1S/C13H16ClN5O2/c1-4-15-11-17-12(19-13(18-11)21-3)16-10-7-8(20-2)5-6-9(10)14/h5-7H,4H2,1-3H3,(H2,15,16,17,18,19). The molecule has 1 aromatic carbocycles. The Hall–Kier alpha value is -2.28. The van der Waals surface area contributed by atoms with E-state index in [1.165, 1.54) is 7.11 Å². The normalized spacial score (nSPS) is 10.1. The van der Waals surface area contributed by atoms with Gasteiger partial charge in [-0.2, -0.15) is 15.0 Å². The zero-order chi connectivity index (χ0) is 15.2. The van der Waals surface area contributed by atoms with Crippen LogP contribution in [0.2, 0.25) is 5.02 Å². The Bertz CT molecular complexity index is 624. The van der Waals surface area contributed by atoms with Gasteiger partial charge < -0.3 is 20.1 Å². The number of anilines is 3. The molecule has 1 heterocycles. The first-order chi connectivity index (χ1) is 10.2. The maximum atomic E-state index is 6.14. The van der Waals surface area contributed by atoms with Gasteiger partial charge in [-0.3, -0.25) is 0 Å². The summed E-state index contributed by atoms with van der Waals surface area (Å²) in [5.41, 5.74) is 0.631. The van der Waals surface area contributed by atoms with Crippen molar-refractivity contribution in [3.8, 4) is 11.8 Å². The predicted octanol–water partition coefficient (Wildman–Crippen LogP) is 2.72. The zero-order valence-electron chi connectivity index (χ0n) is 12.0. The summed E-state index contributed by atoms with van der Waals surface area (Å²) >= 11 is 6.14. The Balaban J connectivity index is 2.32. The van der Waals surface area contributed by atoms with Gasteiger partial charge in [-0.1, -0.05) is 11.6 Å². The van der Waals surface area contributed by atoms with Gasteiger partial charge in [-0.05, 0) is 19.1 Å². The van der Waals surface area contributed by atoms with Crippen molar-refractivity contribution in [2.75, 3.05) is 31.4 Å². The third-order valence-corrected chi connectivity index (χ3v) is 2.88. The lowest BCUT2D eigenvalue weighted by atomic mass is 10.3. The van der Waals surface area contributed by atoms with Crippen LogP contribution in [0.4, 0.5) is 17.6 Å². The van der Waals surface area contributed by atoms with E-state index in [4.69, 9.17) is 21.1 Å². The number of ether oxygens (including phenoxy) is 2. The molecule has 0 radical (unpaired) electrons. The molecule has 0 aliphatic heterocycles. The predicted molar refractivity (Wildman–Crippen MR) is 81.8 cm³/mol. The van der Waals surface area contributed by atoms with Gasteiger partial charge in [0.1, 0.15) is 5.75 Å². The van der Waals surface area contributed by atoms with Gasteiger partial charge in [-0.15, -0.1) is 0 Å². The first-order valence-corrected chi connectivity index (χ1v) is 6.68. The van der Waals surface area contributed by atoms with E-state index < -0.39 is 0 Å². The second kappa shape index (κ2) is 6.94. The van der Waals surface area contributed by atoms with E-state index in [1.807, 2.05) is 6.92 Å². The fraction of sp³-hybridized carbons (Fsp3) is 0.308. The smallest absolute Gasteiger partial charge is 0.322 e. The van der Waals surface area contributed by atoms with Crippen LogP contribution >= 0.6 is 11.6 Å². The van der Waals surface area contributed by atoms with Crippen LogP contribution in [0.25, 0.3) is 0 Å². The molecule has 2 rings (SSSR count). The lowest BCUT2D eigenvalue weighted by molar-refractivity contribution is 0.379. The van der Waals surface area contributed by atoms with Gasteiger partial charge in [0, 0.05) is 12.6 Å². The first-order valence-electron chi connectivity index (χ1n) is 6.30. The highest BCUT2D eigenvalue weighted by molar-refractivity contribution is 6.33. The van der Waals surface area contributed by atoms with E-state index in [0.717, 1.165) is 0 Å². The molecule has 0 fully saturated rings. The third-order valence-electron chi connectivity index (χ3n) is 2.55. The maximum Gasteiger partial charge on any atom is 0.322 e. The van der Waals surface area contributed by atoms with Gasteiger partial charge in [0.05, 0.1) is 24.9 Å². The number of nitrogens with one attached hydrogen (secondary N) is 2. The SMILES string of the molecule is CCNc1nc(Nc2cc(OC)ccc2Cl)nc(OC)n1. The summed E-state index contributed by atoms with van der Waals surface area (Å²) < 4.78 is 10.2. The van der Waals surface area contributed by atoms with Crippen molar-refractivity contribution in [3.63, 3.8) is 0 Å². The van der Waals surface area contributed by atoms with E-state index >= 15 is 0 Å². The van der Waals surface area contributed by atoms with Crippen LogP contribution in [-0.2, 0) is 0 Å². The Morgan fingerprint density at radius 2 is 1.86 bits per heavy atom. The minimum atomic E-state index is 0.211. The molecular formula is C13H16ClN5O2. The molecule has 0 bridgehead atoms. The van der Waals surface area contributed by atoms with Crippen LogP contribution in [0.1, 0.15) is 6.92 Å². The lowest BCUT2D eigenvalue weighted by Crippen LogP contribution is -2.08. The third kappa shape index (κ3) is 3.85. The molecule has 21 heavy (non-hydrogen) atoms. The van der Waals surface area contributed by atoms with Crippen LogP contribution in [-0.4, -0.2) is 35.7 Å². The number of aromatic nitrogens is 3. The molecule has 8 heteroatoms. The molecule has 0 saturated carbocycles. The maximum absolute atomic E-state index is 6.14. The summed E-state index contributed by atoms with van der Waals surface area (Å²) in [5.74, 6) is 1.42. The van der Waals surface area contributed by atoms with E-state index in [2.05, 4.69) is 25.6 Å². The number of methoxy groups -OCH3 is 2. The average molecular weight is 310 g/mol. The molecule has 2 aromatic rings. The molecule has 0 aliphatic rings. The Morgan fingerprint density at radius 3 is 2.52 bits per heavy atom. The summed E-state index contributed by atoms with van der Waals surface area (Å²) in [6.07, 6.45) is 0. The second-order valence-electron chi connectivity index (χ2n) is 3.97. The van der Waals surface area contributed by atoms with E-state index in [9.17, 15) is 0 Å². The summed E-state index contributed by atoms with van der Waals surface area (Å²) in [6.45, 7) is 2.63. The summed E-state index contributed by atoms with van der Waals surface area (Å²) in [4.78, 5) is 12.5. The van der Waals surface area contributed by atoms with Crippen molar-refractivity contribution < 1.29 is 9.47 Å². The summed E-state index contributed by atoms with van der Waals surface area (Å²) in [5, 5.41) is 6.56. The van der Waals surface area contributed by atoms with E-state index in [0.29, 0.717) is 34.9 Å². The molecule has 0 saturated heterocycles. The van der Waals surface area contributed by atoms with Crippen molar-refractivity contribution in [1.29, 1.82) is 0 Å². The topological polar surface area (TPSA) is 81.2 Å². The van der Waals surface area contributed by atoms with Crippen molar-refractivity contribution in [3.05, 3.63) is 23.2 Å². The molecule has 0 unspecified atom stereocenters. The minimum absolute atomic E-state index is 0.211. The molecular weight excluding hydrogens is 294 g/mol. The molecule has 0 atom stereocenters. The number of halogens is 1. The number of benzene rings is 1. The minimum Gasteiger partial charge on any atom is -0.497 e. The van der Waals surface area contributed by atoms with E-state index in [-0.39, 0.29) is 6.01 Å². The summed E-state index contributed by atoms with van der Waals surface area (Å²) in [6, 6.07) is 5.46. The number of rotatable bonds is 6. The fourth-order valence-electron chi connectivity index (χ4n) is 1.59. The van der Waals surface area contributed by atoms with Crippen molar-refractivity contribution >= 4 is 29.2 Å². The number of hydrogen-bond donors (Lipinski definition) is 2. The lowest BCUT2D eigenvalue weighted by Gasteiger charge is -2.10. The van der Waals surface area contributed by atoms with Gasteiger partial charge in [0.25, 0.3) is 0 Å². The molecule has 7 nitrogen and oxygen atoms in total. The van der Waals surface area contributed by atoms with Crippen molar-refractivity contribution in [1.82, 2.24) is 15.0 Å². The van der Waals surface area contributed by atoms with Crippen LogP contribution < -0.4 is 20.1 Å². The quantitative estimate of drug-likeness (QED) is 0.849. The molecule has 2 N–H and O–H groups in total. The monoisotopic (exact) mass is 309 g/mol. The van der Waals surface area contributed by atoms with Crippen LogP contribution in [0.15, 0.2) is 18.2 Å². The largest absolute Gasteiger partial charge is 0.497 e. The molecule has 0 spiro atoms. The fourth-order valence-corrected chi connectivity index (χ4v) is 1.75. The number of nitrogens with zero attached hydrogens (tertiary/aromatic N) is 3. The highest BCUT2D eigenvalue weighted by Gasteiger charge is 2.09. The highest BCUT2D eigenvalue weighted by atomic mass is 35.5. The highest BCUT2D eigenvalue weighted by Crippen LogP contribution is 2.28.